The number of nitrogens with one attached hydrogen (secondary N) is 1. The number of aliphatic hydroxyl groups excluding tert-OH is 1. The van der Waals surface area contributed by atoms with Gasteiger partial charge in [-0.2, -0.15) is 0 Å². The van der Waals surface area contributed by atoms with Crippen molar-refractivity contribution in [2.24, 2.45) is 0 Å². The summed E-state index contributed by atoms with van der Waals surface area (Å²) in [6.45, 7) is 0.256. The first-order valence-corrected chi connectivity index (χ1v) is 3.31. The van der Waals surface area contributed by atoms with Crippen LogP contribution in [0.3, 0.4) is 0 Å². The van der Waals surface area contributed by atoms with Crippen molar-refractivity contribution in [3.05, 3.63) is 0 Å². The minimum Gasteiger partial charge on any atom is -0.467 e. The van der Waals surface area contributed by atoms with Gasteiger partial charge in [0.25, 0.3) is 0 Å². The van der Waals surface area contributed by atoms with E-state index >= 15 is 0 Å². The van der Waals surface area contributed by atoms with Crippen LogP contribution in [0.15, 0.2) is 0 Å². The van der Waals surface area contributed by atoms with Gasteiger partial charge in [-0.3, -0.25) is 0 Å². The first-order valence-electron chi connectivity index (χ1n) is 3.31. The number of halogens is 1. The predicted octanol–water partition coefficient (Wildman–Crippen LogP) is -1.72. The molecule has 72 valence electrons. The maximum atomic E-state index is 10.9. The molecule has 2 atom stereocenters. The van der Waals surface area contributed by atoms with Crippen molar-refractivity contribution < 1.29 is 19.7 Å². The standard InChI is InChI=1S/C6H11NO4.ClH/c1-11-5(9)6(10)3-7-2-4(6)8;/h4,7-8,10H,2-3H2,1H3;1H/t4-,6+;/m0./s1. The molecular formula is C6H12ClNO4. The Bertz CT molecular complexity index is 177. The molecule has 0 aromatic rings. The minimum absolute atomic E-state index is 0. The predicted molar refractivity (Wildman–Crippen MR) is 43.1 cm³/mol. The molecule has 1 rings (SSSR count). The van der Waals surface area contributed by atoms with Crippen LogP contribution in [-0.4, -0.2) is 48.1 Å². The summed E-state index contributed by atoms with van der Waals surface area (Å²) in [5.74, 6) is -0.796. The number of carbonyl (C=O) groups is 1. The minimum atomic E-state index is -1.76. The maximum absolute atomic E-state index is 10.9. The van der Waals surface area contributed by atoms with Gasteiger partial charge in [-0.25, -0.2) is 4.79 Å². The van der Waals surface area contributed by atoms with E-state index < -0.39 is 17.7 Å². The highest BCUT2D eigenvalue weighted by Crippen LogP contribution is 2.16. The van der Waals surface area contributed by atoms with Crippen LogP contribution < -0.4 is 5.32 Å². The van der Waals surface area contributed by atoms with Crippen molar-refractivity contribution in [2.75, 3.05) is 20.2 Å². The van der Waals surface area contributed by atoms with Gasteiger partial charge in [0.1, 0.15) is 6.10 Å². The largest absolute Gasteiger partial charge is 0.467 e. The highest BCUT2D eigenvalue weighted by molar-refractivity contribution is 5.85. The van der Waals surface area contributed by atoms with Crippen molar-refractivity contribution in [1.29, 1.82) is 0 Å². The lowest BCUT2D eigenvalue weighted by Crippen LogP contribution is -2.49. The van der Waals surface area contributed by atoms with E-state index in [0.717, 1.165) is 0 Å². The highest BCUT2D eigenvalue weighted by atomic mass is 35.5. The van der Waals surface area contributed by atoms with Gasteiger partial charge in [-0.05, 0) is 0 Å². The van der Waals surface area contributed by atoms with Gasteiger partial charge in [-0.15, -0.1) is 12.4 Å². The molecule has 6 heteroatoms. The Morgan fingerprint density at radius 2 is 2.33 bits per heavy atom. The fourth-order valence-corrected chi connectivity index (χ4v) is 1.07. The molecule has 1 saturated heterocycles. The van der Waals surface area contributed by atoms with Crippen molar-refractivity contribution >= 4 is 18.4 Å². The lowest BCUT2D eigenvalue weighted by molar-refractivity contribution is -0.168. The summed E-state index contributed by atoms with van der Waals surface area (Å²) < 4.78 is 4.32. The van der Waals surface area contributed by atoms with Crippen LogP contribution in [0, 0.1) is 0 Å². The molecule has 12 heavy (non-hydrogen) atoms. The van der Waals surface area contributed by atoms with Crippen LogP contribution in [0.5, 0.6) is 0 Å². The first-order chi connectivity index (χ1) is 5.11. The number of hydrogen-bond acceptors (Lipinski definition) is 5. The smallest absolute Gasteiger partial charge is 0.342 e. The van der Waals surface area contributed by atoms with Crippen molar-refractivity contribution in [3.63, 3.8) is 0 Å². The number of carbonyl (C=O) groups excluding carboxylic acids is 1. The van der Waals surface area contributed by atoms with E-state index in [1.54, 1.807) is 0 Å². The van der Waals surface area contributed by atoms with Crippen molar-refractivity contribution in [1.82, 2.24) is 5.32 Å². The molecule has 1 heterocycles. The lowest BCUT2D eigenvalue weighted by Gasteiger charge is -2.21. The highest BCUT2D eigenvalue weighted by Gasteiger charge is 2.48. The van der Waals surface area contributed by atoms with Gasteiger partial charge in [0, 0.05) is 13.1 Å². The fraction of sp³-hybridized carbons (Fsp3) is 0.833. The van der Waals surface area contributed by atoms with Crippen LogP contribution >= 0.6 is 12.4 Å². The van der Waals surface area contributed by atoms with Gasteiger partial charge >= 0.3 is 5.97 Å². The lowest BCUT2D eigenvalue weighted by atomic mass is 10.0. The maximum Gasteiger partial charge on any atom is 0.342 e. The molecule has 0 aromatic carbocycles. The molecule has 1 aliphatic heterocycles. The van der Waals surface area contributed by atoms with E-state index in [0.29, 0.717) is 0 Å². The number of aliphatic hydroxyl groups is 2. The van der Waals surface area contributed by atoms with Gasteiger partial charge in [0.05, 0.1) is 7.11 Å². The van der Waals surface area contributed by atoms with E-state index in [1.807, 2.05) is 0 Å². The van der Waals surface area contributed by atoms with E-state index in [-0.39, 0.29) is 25.5 Å². The monoisotopic (exact) mass is 197 g/mol. The molecule has 0 bridgehead atoms. The molecule has 1 aliphatic rings. The summed E-state index contributed by atoms with van der Waals surface area (Å²) in [5, 5.41) is 21.3. The fourth-order valence-electron chi connectivity index (χ4n) is 1.07. The third-order valence-corrected chi connectivity index (χ3v) is 1.82. The summed E-state index contributed by atoms with van der Waals surface area (Å²) in [6.07, 6.45) is -1.07. The molecule has 0 aromatic heterocycles. The van der Waals surface area contributed by atoms with Gasteiger partial charge in [-0.1, -0.05) is 0 Å². The topological polar surface area (TPSA) is 78.8 Å². The average molecular weight is 198 g/mol. The Balaban J connectivity index is 0.00000121. The number of esters is 1. The molecule has 0 radical (unpaired) electrons. The Kier molecular flexibility index (Phi) is 3.92. The van der Waals surface area contributed by atoms with E-state index in [2.05, 4.69) is 10.1 Å². The zero-order chi connectivity index (χ0) is 8.48. The van der Waals surface area contributed by atoms with Crippen molar-refractivity contribution in [3.8, 4) is 0 Å². The van der Waals surface area contributed by atoms with E-state index in [9.17, 15) is 9.90 Å². The first kappa shape index (κ1) is 11.6. The van der Waals surface area contributed by atoms with Gasteiger partial charge in [0.2, 0.25) is 5.60 Å². The second kappa shape index (κ2) is 4.04. The number of ether oxygens (including phenoxy) is 1. The zero-order valence-electron chi connectivity index (χ0n) is 6.61. The number of methoxy groups -OCH3 is 1. The Morgan fingerprint density at radius 1 is 1.75 bits per heavy atom. The van der Waals surface area contributed by atoms with Crippen LogP contribution in [0.4, 0.5) is 0 Å². The zero-order valence-corrected chi connectivity index (χ0v) is 7.43. The Morgan fingerprint density at radius 3 is 2.67 bits per heavy atom. The third kappa shape index (κ3) is 1.69. The second-order valence-electron chi connectivity index (χ2n) is 2.56. The Labute approximate surface area is 76.1 Å². The summed E-state index contributed by atoms with van der Waals surface area (Å²) in [6, 6.07) is 0. The van der Waals surface area contributed by atoms with Crippen molar-refractivity contribution in [2.45, 2.75) is 11.7 Å². The molecule has 0 amide bonds. The quantitative estimate of drug-likeness (QED) is 0.436. The molecule has 3 N–H and O–H groups in total. The van der Waals surface area contributed by atoms with Crippen LogP contribution in [0.2, 0.25) is 0 Å². The number of rotatable bonds is 1. The molecular weight excluding hydrogens is 186 g/mol. The number of hydrogen-bond donors (Lipinski definition) is 3. The van der Waals surface area contributed by atoms with E-state index in [4.69, 9.17) is 5.11 Å². The second-order valence-corrected chi connectivity index (χ2v) is 2.56. The summed E-state index contributed by atoms with van der Waals surface area (Å²) in [5.41, 5.74) is -1.76. The Hall–Kier alpha value is -0.360. The molecule has 1 fully saturated rings. The molecule has 0 unspecified atom stereocenters. The normalized spacial score (nSPS) is 34.1. The average Bonchev–Trinajstić information content (AvgIpc) is 2.32. The number of β-amino-alcohol motifs (C(OH)–C–C–N with tert-alkyl or cyclic N) is 2. The van der Waals surface area contributed by atoms with Gasteiger partial charge in [0.15, 0.2) is 0 Å². The van der Waals surface area contributed by atoms with Crippen LogP contribution in [-0.2, 0) is 9.53 Å². The van der Waals surface area contributed by atoms with E-state index in [1.165, 1.54) is 7.11 Å². The van der Waals surface area contributed by atoms with Crippen LogP contribution in [0.25, 0.3) is 0 Å². The molecule has 0 spiro atoms. The molecule has 5 nitrogen and oxygen atoms in total. The molecule has 0 aliphatic carbocycles. The SMILES string of the molecule is COC(=O)[C@@]1(O)CNC[C@@H]1O.Cl. The van der Waals surface area contributed by atoms with Crippen LogP contribution in [0.1, 0.15) is 0 Å². The summed E-state index contributed by atoms with van der Waals surface area (Å²) >= 11 is 0. The molecule has 0 saturated carbocycles. The summed E-state index contributed by atoms with van der Waals surface area (Å²) in [4.78, 5) is 10.9. The third-order valence-electron chi connectivity index (χ3n) is 1.82. The van der Waals surface area contributed by atoms with Gasteiger partial charge < -0.3 is 20.3 Å². The summed E-state index contributed by atoms with van der Waals surface area (Å²) in [7, 11) is 1.17.